The molecule has 0 spiro atoms. The minimum absolute atomic E-state index is 0.183. The van der Waals surface area contributed by atoms with E-state index < -0.39 is 0 Å². The number of rotatable bonds is 6. The predicted octanol–water partition coefficient (Wildman–Crippen LogP) is 1.70. The fourth-order valence-corrected chi connectivity index (χ4v) is 2.62. The lowest BCUT2D eigenvalue weighted by Crippen LogP contribution is -2.33. The average Bonchev–Trinajstić information content (AvgIpc) is 2.65. The van der Waals surface area contributed by atoms with Crippen molar-refractivity contribution in [3.63, 3.8) is 0 Å². The maximum absolute atomic E-state index is 8.60. The van der Waals surface area contributed by atoms with E-state index in [1.54, 1.807) is 0 Å². The number of oxime groups is 1. The monoisotopic (exact) mass is 331 g/mol. The molecule has 19 heavy (non-hydrogen) atoms. The molecule has 0 saturated heterocycles. The van der Waals surface area contributed by atoms with E-state index in [9.17, 15) is 0 Å². The highest BCUT2D eigenvalue weighted by atomic mass is 79.9. The second-order valence-electron chi connectivity index (χ2n) is 4.74. The van der Waals surface area contributed by atoms with Gasteiger partial charge in [-0.1, -0.05) is 12.1 Å². The molecule has 108 valence electrons. The SMILES string of the molecule is CCc1nn(C)c(CN(C)C(C)CC(N)=NO)c1Br. The van der Waals surface area contributed by atoms with Crippen LogP contribution in [0.15, 0.2) is 9.63 Å². The molecule has 1 unspecified atom stereocenters. The molecule has 0 aromatic carbocycles. The maximum Gasteiger partial charge on any atom is 0.140 e. The van der Waals surface area contributed by atoms with E-state index in [0.29, 0.717) is 6.42 Å². The van der Waals surface area contributed by atoms with E-state index in [1.807, 2.05) is 25.7 Å². The lowest BCUT2D eigenvalue weighted by molar-refractivity contribution is 0.244. The first-order chi connectivity index (χ1) is 8.90. The average molecular weight is 332 g/mol. The molecule has 1 aromatic rings. The Morgan fingerprint density at radius 3 is 2.74 bits per heavy atom. The second kappa shape index (κ2) is 6.91. The van der Waals surface area contributed by atoms with Crippen molar-refractivity contribution in [1.29, 1.82) is 0 Å². The normalized spacial score (nSPS) is 14.1. The molecule has 0 radical (unpaired) electrons. The second-order valence-corrected chi connectivity index (χ2v) is 5.54. The van der Waals surface area contributed by atoms with Gasteiger partial charge in [-0.15, -0.1) is 0 Å². The molecule has 1 atom stereocenters. The summed E-state index contributed by atoms with van der Waals surface area (Å²) in [5.41, 5.74) is 7.73. The van der Waals surface area contributed by atoms with Crippen molar-refractivity contribution in [2.24, 2.45) is 17.9 Å². The lowest BCUT2D eigenvalue weighted by Gasteiger charge is -2.24. The molecule has 0 aliphatic rings. The molecule has 0 saturated carbocycles. The minimum Gasteiger partial charge on any atom is -0.409 e. The summed E-state index contributed by atoms with van der Waals surface area (Å²) in [5.74, 6) is 0.248. The first-order valence-electron chi connectivity index (χ1n) is 6.27. The fourth-order valence-electron chi connectivity index (χ4n) is 1.88. The van der Waals surface area contributed by atoms with Gasteiger partial charge in [0.25, 0.3) is 0 Å². The van der Waals surface area contributed by atoms with Crippen LogP contribution < -0.4 is 5.73 Å². The van der Waals surface area contributed by atoms with Gasteiger partial charge in [0.05, 0.1) is 15.9 Å². The molecule has 1 aromatic heterocycles. The van der Waals surface area contributed by atoms with Crippen molar-refractivity contribution in [2.45, 2.75) is 39.3 Å². The van der Waals surface area contributed by atoms with Gasteiger partial charge in [-0.25, -0.2) is 0 Å². The van der Waals surface area contributed by atoms with Crippen LogP contribution in [0.2, 0.25) is 0 Å². The maximum atomic E-state index is 8.60. The smallest absolute Gasteiger partial charge is 0.140 e. The van der Waals surface area contributed by atoms with Gasteiger partial charge in [-0.2, -0.15) is 5.10 Å². The standard InChI is InChI=1S/C12H22BrN5O/c1-5-9-12(13)10(18(4)15-9)7-17(3)8(2)6-11(14)16-19/h8,19H,5-7H2,1-4H3,(H2,14,16). The zero-order valence-electron chi connectivity index (χ0n) is 11.9. The van der Waals surface area contributed by atoms with E-state index in [2.05, 4.69) is 38.0 Å². The van der Waals surface area contributed by atoms with Gasteiger partial charge in [0, 0.05) is 26.1 Å². The molecule has 6 nitrogen and oxygen atoms in total. The summed E-state index contributed by atoms with van der Waals surface area (Å²) in [4.78, 5) is 2.15. The van der Waals surface area contributed by atoms with E-state index in [1.165, 1.54) is 0 Å². The topological polar surface area (TPSA) is 79.7 Å². The Hall–Kier alpha value is -1.08. The van der Waals surface area contributed by atoms with Crippen molar-refractivity contribution in [3.05, 3.63) is 15.9 Å². The summed E-state index contributed by atoms with van der Waals surface area (Å²) < 4.78 is 2.97. The molecular formula is C12H22BrN5O. The molecule has 1 heterocycles. The van der Waals surface area contributed by atoms with Crippen LogP contribution in [0.3, 0.4) is 0 Å². The van der Waals surface area contributed by atoms with Crippen LogP contribution in [-0.4, -0.2) is 38.8 Å². The van der Waals surface area contributed by atoms with Crippen molar-refractivity contribution < 1.29 is 5.21 Å². The molecule has 0 aliphatic heterocycles. The number of hydrogen-bond acceptors (Lipinski definition) is 4. The van der Waals surface area contributed by atoms with E-state index in [-0.39, 0.29) is 11.9 Å². The van der Waals surface area contributed by atoms with Gasteiger partial charge in [-0.05, 0) is 36.3 Å². The summed E-state index contributed by atoms with van der Waals surface area (Å²) in [6.07, 6.45) is 1.43. The third kappa shape index (κ3) is 3.94. The van der Waals surface area contributed by atoms with Crippen molar-refractivity contribution in [2.75, 3.05) is 7.05 Å². The van der Waals surface area contributed by atoms with Crippen molar-refractivity contribution in [3.8, 4) is 0 Å². The van der Waals surface area contributed by atoms with Gasteiger partial charge in [0.1, 0.15) is 5.84 Å². The third-order valence-corrected chi connectivity index (χ3v) is 4.20. The molecule has 0 bridgehead atoms. The Morgan fingerprint density at radius 1 is 1.63 bits per heavy atom. The first kappa shape index (κ1) is 16.0. The van der Waals surface area contributed by atoms with Crippen LogP contribution in [0.5, 0.6) is 0 Å². The first-order valence-corrected chi connectivity index (χ1v) is 7.06. The van der Waals surface area contributed by atoms with Gasteiger partial charge < -0.3 is 10.9 Å². The van der Waals surface area contributed by atoms with Crippen LogP contribution in [0.1, 0.15) is 31.7 Å². The highest BCUT2D eigenvalue weighted by Crippen LogP contribution is 2.23. The van der Waals surface area contributed by atoms with Gasteiger partial charge in [0.2, 0.25) is 0 Å². The Kier molecular flexibility index (Phi) is 5.81. The quantitative estimate of drug-likeness (QED) is 0.360. The number of nitrogens with two attached hydrogens (primary N) is 1. The van der Waals surface area contributed by atoms with Crippen molar-refractivity contribution >= 4 is 21.8 Å². The van der Waals surface area contributed by atoms with E-state index in [0.717, 1.165) is 28.8 Å². The Balaban J connectivity index is 2.76. The Bertz CT molecular complexity index is 457. The van der Waals surface area contributed by atoms with Crippen LogP contribution in [0.4, 0.5) is 0 Å². The fraction of sp³-hybridized carbons (Fsp3) is 0.667. The Morgan fingerprint density at radius 2 is 2.26 bits per heavy atom. The predicted molar refractivity (Wildman–Crippen MR) is 79.2 cm³/mol. The molecule has 3 N–H and O–H groups in total. The third-order valence-electron chi connectivity index (χ3n) is 3.29. The number of aromatic nitrogens is 2. The van der Waals surface area contributed by atoms with Crippen LogP contribution in [0, 0.1) is 0 Å². The van der Waals surface area contributed by atoms with Crippen LogP contribution >= 0.6 is 15.9 Å². The van der Waals surface area contributed by atoms with Gasteiger partial charge in [-0.3, -0.25) is 9.58 Å². The number of nitrogens with zero attached hydrogens (tertiary/aromatic N) is 4. The molecule has 0 fully saturated rings. The highest BCUT2D eigenvalue weighted by molar-refractivity contribution is 9.10. The summed E-state index contributed by atoms with van der Waals surface area (Å²) in [6.45, 7) is 4.88. The number of hydrogen-bond donors (Lipinski definition) is 2. The molecule has 7 heteroatoms. The van der Waals surface area contributed by atoms with Gasteiger partial charge >= 0.3 is 0 Å². The minimum atomic E-state index is 0.183. The molecule has 1 rings (SSSR count). The number of halogens is 1. The van der Waals surface area contributed by atoms with Crippen LogP contribution in [-0.2, 0) is 20.0 Å². The number of amidine groups is 1. The summed E-state index contributed by atoms with van der Waals surface area (Å²) in [6, 6.07) is 0.183. The molecule has 0 aliphatic carbocycles. The van der Waals surface area contributed by atoms with Crippen LogP contribution in [0.25, 0.3) is 0 Å². The largest absolute Gasteiger partial charge is 0.409 e. The Labute approximate surface area is 122 Å². The summed E-state index contributed by atoms with van der Waals surface area (Å²) >= 11 is 3.61. The zero-order chi connectivity index (χ0) is 14.6. The zero-order valence-corrected chi connectivity index (χ0v) is 13.5. The van der Waals surface area contributed by atoms with Gasteiger partial charge in [0.15, 0.2) is 0 Å². The number of aryl methyl sites for hydroxylation is 2. The van der Waals surface area contributed by atoms with Crippen molar-refractivity contribution in [1.82, 2.24) is 14.7 Å². The lowest BCUT2D eigenvalue weighted by atomic mass is 10.2. The highest BCUT2D eigenvalue weighted by Gasteiger charge is 2.17. The van der Waals surface area contributed by atoms with E-state index >= 15 is 0 Å². The molecule has 0 amide bonds. The molecular weight excluding hydrogens is 310 g/mol. The van der Waals surface area contributed by atoms with E-state index in [4.69, 9.17) is 10.9 Å². The summed E-state index contributed by atoms with van der Waals surface area (Å²) in [5, 5.41) is 16.1. The summed E-state index contributed by atoms with van der Waals surface area (Å²) in [7, 11) is 3.96.